The molecule has 0 aliphatic rings. The van der Waals surface area contributed by atoms with Crippen LogP contribution < -0.4 is 5.32 Å². The summed E-state index contributed by atoms with van der Waals surface area (Å²) in [4.78, 5) is 24.7. The number of carbonyl (C=O) groups is 2. The zero-order chi connectivity index (χ0) is 19.3. The first-order chi connectivity index (χ1) is 12.3. The first-order valence-corrected chi connectivity index (χ1v) is 8.95. The Morgan fingerprint density at radius 2 is 1.62 bits per heavy atom. The highest BCUT2D eigenvalue weighted by molar-refractivity contribution is 6.30. The van der Waals surface area contributed by atoms with E-state index in [1.165, 1.54) is 0 Å². The van der Waals surface area contributed by atoms with E-state index in [-0.39, 0.29) is 18.4 Å². The van der Waals surface area contributed by atoms with Crippen LogP contribution in [0.3, 0.4) is 0 Å². The lowest BCUT2D eigenvalue weighted by Gasteiger charge is -2.20. The Bertz CT molecular complexity index is 764. The van der Waals surface area contributed by atoms with Crippen molar-refractivity contribution in [2.24, 2.45) is 5.92 Å². The largest absolute Gasteiger partial charge is 0.455 e. The molecule has 0 bridgehead atoms. The second-order valence-corrected chi connectivity index (χ2v) is 7.13. The zero-order valence-corrected chi connectivity index (χ0v) is 16.3. The molecular weight excluding hydrogens is 350 g/mol. The predicted molar refractivity (Wildman–Crippen MR) is 105 cm³/mol. The van der Waals surface area contributed by atoms with Crippen LogP contribution >= 0.6 is 11.6 Å². The van der Waals surface area contributed by atoms with Crippen LogP contribution in [0.25, 0.3) is 0 Å². The summed E-state index contributed by atoms with van der Waals surface area (Å²) in [5.74, 6) is -1.18. The van der Waals surface area contributed by atoms with Crippen LogP contribution in [0.5, 0.6) is 0 Å². The number of amides is 1. The molecule has 5 heteroatoms. The number of rotatable bonds is 6. The molecule has 0 unspecified atom stereocenters. The number of para-hydroxylation sites is 1. The smallest absolute Gasteiger partial charge is 0.314 e. The van der Waals surface area contributed by atoms with Gasteiger partial charge in [0.1, 0.15) is 0 Å². The Hall–Kier alpha value is -2.33. The van der Waals surface area contributed by atoms with E-state index in [2.05, 4.69) is 5.32 Å². The third-order valence-corrected chi connectivity index (χ3v) is 4.49. The van der Waals surface area contributed by atoms with E-state index < -0.39 is 11.9 Å². The van der Waals surface area contributed by atoms with Gasteiger partial charge in [-0.2, -0.15) is 0 Å². The summed E-state index contributed by atoms with van der Waals surface area (Å²) in [6.45, 7) is 7.41. The molecule has 0 fully saturated rings. The molecule has 0 saturated carbocycles. The summed E-state index contributed by atoms with van der Waals surface area (Å²) < 4.78 is 5.28. The van der Waals surface area contributed by atoms with Crippen LogP contribution in [0.15, 0.2) is 42.5 Å². The van der Waals surface area contributed by atoms with Crippen molar-refractivity contribution in [3.8, 4) is 0 Å². The molecule has 0 radical (unpaired) electrons. The first-order valence-electron chi connectivity index (χ1n) is 8.57. The Morgan fingerprint density at radius 1 is 1.04 bits per heavy atom. The third kappa shape index (κ3) is 5.09. The second kappa shape index (κ2) is 8.86. The lowest BCUT2D eigenvalue weighted by molar-refractivity contribution is -0.149. The molecule has 138 valence electrons. The van der Waals surface area contributed by atoms with Gasteiger partial charge in [0.15, 0.2) is 6.61 Å². The molecule has 2 aromatic carbocycles. The van der Waals surface area contributed by atoms with E-state index in [0.717, 1.165) is 22.4 Å². The maximum Gasteiger partial charge on any atom is 0.314 e. The molecule has 1 N–H and O–H groups in total. The molecule has 1 amide bonds. The number of hydrogen-bond donors (Lipinski definition) is 1. The maximum absolute atomic E-state index is 12.5. The van der Waals surface area contributed by atoms with Gasteiger partial charge in [0, 0.05) is 10.7 Å². The fourth-order valence-corrected chi connectivity index (χ4v) is 3.00. The molecule has 2 rings (SSSR count). The van der Waals surface area contributed by atoms with Crippen molar-refractivity contribution in [1.29, 1.82) is 0 Å². The highest BCUT2D eigenvalue weighted by atomic mass is 35.5. The molecule has 0 spiro atoms. The number of aryl methyl sites for hydroxylation is 2. The van der Waals surface area contributed by atoms with Crippen LogP contribution in [0.4, 0.5) is 5.69 Å². The van der Waals surface area contributed by atoms with Crippen LogP contribution in [0, 0.1) is 19.8 Å². The topological polar surface area (TPSA) is 55.4 Å². The number of nitrogens with one attached hydrogen (secondary N) is 1. The maximum atomic E-state index is 12.5. The molecule has 26 heavy (non-hydrogen) atoms. The van der Waals surface area contributed by atoms with Crippen LogP contribution in [0.1, 0.15) is 36.5 Å². The van der Waals surface area contributed by atoms with Gasteiger partial charge >= 0.3 is 5.97 Å². The monoisotopic (exact) mass is 373 g/mol. The minimum atomic E-state index is -0.444. The number of halogens is 1. The van der Waals surface area contributed by atoms with Crippen LogP contribution in [0.2, 0.25) is 5.02 Å². The third-order valence-electron chi connectivity index (χ3n) is 4.24. The van der Waals surface area contributed by atoms with Gasteiger partial charge in [0.05, 0.1) is 5.92 Å². The summed E-state index contributed by atoms with van der Waals surface area (Å²) in [7, 11) is 0. The van der Waals surface area contributed by atoms with Crippen molar-refractivity contribution in [2.75, 3.05) is 11.9 Å². The standard InChI is InChI=1S/C21H24ClNO3/c1-13(2)19(16-8-10-17(22)11-9-16)21(25)26-12-18(24)23-20-14(3)6-5-7-15(20)4/h5-11,13,19H,12H2,1-4H3,(H,23,24)/t19-/m0/s1. The average Bonchev–Trinajstić information content (AvgIpc) is 2.58. The number of hydrogen-bond acceptors (Lipinski definition) is 3. The SMILES string of the molecule is Cc1cccc(C)c1NC(=O)COC(=O)[C@H](c1ccc(Cl)cc1)C(C)C. The fraction of sp³-hybridized carbons (Fsp3) is 0.333. The highest BCUT2D eigenvalue weighted by Gasteiger charge is 2.26. The van der Waals surface area contributed by atoms with Crippen LogP contribution in [-0.2, 0) is 14.3 Å². The number of ether oxygens (including phenoxy) is 1. The zero-order valence-electron chi connectivity index (χ0n) is 15.5. The fourth-order valence-electron chi connectivity index (χ4n) is 2.88. The second-order valence-electron chi connectivity index (χ2n) is 6.70. The summed E-state index contributed by atoms with van der Waals surface area (Å²) in [5, 5.41) is 3.42. The van der Waals surface area contributed by atoms with Gasteiger partial charge < -0.3 is 10.1 Å². The van der Waals surface area contributed by atoms with E-state index in [1.807, 2.05) is 58.0 Å². The molecule has 0 aliphatic heterocycles. The highest BCUT2D eigenvalue weighted by Crippen LogP contribution is 2.27. The summed E-state index contributed by atoms with van der Waals surface area (Å²) in [6, 6.07) is 12.9. The van der Waals surface area contributed by atoms with Crippen molar-refractivity contribution < 1.29 is 14.3 Å². The van der Waals surface area contributed by atoms with Gasteiger partial charge in [-0.1, -0.05) is 55.8 Å². The normalized spacial score (nSPS) is 11.9. The number of benzene rings is 2. The summed E-state index contributed by atoms with van der Waals surface area (Å²) >= 11 is 5.91. The van der Waals surface area contributed by atoms with E-state index in [9.17, 15) is 9.59 Å². The van der Waals surface area contributed by atoms with E-state index in [4.69, 9.17) is 16.3 Å². The lowest BCUT2D eigenvalue weighted by Crippen LogP contribution is -2.26. The van der Waals surface area contributed by atoms with Gasteiger partial charge in [-0.3, -0.25) is 9.59 Å². The minimum Gasteiger partial charge on any atom is -0.455 e. The Morgan fingerprint density at radius 3 is 2.15 bits per heavy atom. The van der Waals surface area contributed by atoms with Crippen molar-refractivity contribution in [1.82, 2.24) is 0 Å². The molecule has 0 aliphatic carbocycles. The Kier molecular flexibility index (Phi) is 6.81. The van der Waals surface area contributed by atoms with Gasteiger partial charge in [-0.05, 0) is 48.6 Å². The quantitative estimate of drug-likeness (QED) is 0.734. The lowest BCUT2D eigenvalue weighted by atomic mass is 9.88. The predicted octanol–water partition coefficient (Wildman–Crippen LogP) is 4.88. The van der Waals surface area contributed by atoms with E-state index in [0.29, 0.717) is 5.02 Å². The van der Waals surface area contributed by atoms with Crippen molar-refractivity contribution in [3.63, 3.8) is 0 Å². The van der Waals surface area contributed by atoms with E-state index in [1.54, 1.807) is 12.1 Å². The van der Waals surface area contributed by atoms with Gasteiger partial charge in [0.25, 0.3) is 5.91 Å². The van der Waals surface area contributed by atoms with Crippen molar-refractivity contribution in [3.05, 3.63) is 64.2 Å². The molecule has 0 heterocycles. The van der Waals surface area contributed by atoms with Crippen molar-refractivity contribution >= 4 is 29.2 Å². The molecule has 0 saturated heterocycles. The Balaban J connectivity index is 2.01. The minimum absolute atomic E-state index is 0.0327. The molecule has 4 nitrogen and oxygen atoms in total. The molecular formula is C21H24ClNO3. The average molecular weight is 374 g/mol. The molecule has 1 atom stereocenters. The Labute approximate surface area is 159 Å². The summed E-state index contributed by atoms with van der Waals surface area (Å²) in [5.41, 5.74) is 3.51. The van der Waals surface area contributed by atoms with Crippen molar-refractivity contribution in [2.45, 2.75) is 33.6 Å². The molecule has 0 aromatic heterocycles. The molecule has 2 aromatic rings. The summed E-state index contributed by atoms with van der Waals surface area (Å²) in [6.07, 6.45) is 0. The van der Waals surface area contributed by atoms with E-state index >= 15 is 0 Å². The number of carbonyl (C=O) groups excluding carboxylic acids is 2. The van der Waals surface area contributed by atoms with Crippen LogP contribution in [-0.4, -0.2) is 18.5 Å². The van der Waals surface area contributed by atoms with Gasteiger partial charge in [0.2, 0.25) is 0 Å². The first kappa shape index (κ1) is 20.0. The number of anilines is 1. The van der Waals surface area contributed by atoms with Gasteiger partial charge in [-0.25, -0.2) is 0 Å². The van der Waals surface area contributed by atoms with Gasteiger partial charge in [-0.15, -0.1) is 0 Å². The number of esters is 1.